The van der Waals surface area contributed by atoms with Crippen molar-refractivity contribution < 1.29 is 9.90 Å². The summed E-state index contributed by atoms with van der Waals surface area (Å²) in [4.78, 5) is 21.8. The monoisotopic (exact) mass is 358 g/mol. The highest BCUT2D eigenvalue weighted by atomic mass is 16.3. The van der Waals surface area contributed by atoms with Gasteiger partial charge in [0.1, 0.15) is 5.52 Å². The van der Waals surface area contributed by atoms with E-state index in [1.165, 1.54) is 6.42 Å². The fourth-order valence-corrected chi connectivity index (χ4v) is 4.00. The first kappa shape index (κ1) is 18.8. The zero-order valence-electron chi connectivity index (χ0n) is 14.8. The SMILES string of the molecule is C.Cc1ccc2nc(NC(=O)CC3(O)CCCCC3)n(C3CCC3)c2n1. The first-order valence-electron chi connectivity index (χ1n) is 9.42. The quantitative estimate of drug-likeness (QED) is 0.861. The molecule has 0 aromatic carbocycles. The Morgan fingerprint density at radius 1 is 1.23 bits per heavy atom. The minimum atomic E-state index is -0.857. The van der Waals surface area contributed by atoms with E-state index in [0.29, 0.717) is 24.8 Å². The predicted octanol–water partition coefficient (Wildman–Crippen LogP) is 4.12. The Bertz CT molecular complexity index is 788. The summed E-state index contributed by atoms with van der Waals surface area (Å²) < 4.78 is 2.08. The van der Waals surface area contributed by atoms with E-state index in [1.54, 1.807) is 0 Å². The van der Waals surface area contributed by atoms with Gasteiger partial charge in [-0.05, 0) is 51.2 Å². The molecule has 0 saturated heterocycles. The van der Waals surface area contributed by atoms with Crippen LogP contribution in [0.25, 0.3) is 11.2 Å². The van der Waals surface area contributed by atoms with E-state index in [0.717, 1.165) is 49.0 Å². The lowest BCUT2D eigenvalue weighted by molar-refractivity contribution is -0.122. The molecule has 2 fully saturated rings. The van der Waals surface area contributed by atoms with Crippen LogP contribution in [0.3, 0.4) is 0 Å². The Balaban J connectivity index is 0.00000196. The van der Waals surface area contributed by atoms with Gasteiger partial charge in [0.2, 0.25) is 11.9 Å². The maximum absolute atomic E-state index is 12.6. The van der Waals surface area contributed by atoms with Crippen LogP contribution in [0.4, 0.5) is 5.95 Å². The molecule has 0 unspecified atom stereocenters. The second-order valence-electron chi connectivity index (χ2n) is 7.70. The van der Waals surface area contributed by atoms with Crippen LogP contribution in [0.5, 0.6) is 0 Å². The predicted molar refractivity (Wildman–Crippen MR) is 103 cm³/mol. The lowest BCUT2D eigenvalue weighted by atomic mass is 9.82. The highest BCUT2D eigenvalue weighted by Gasteiger charge is 2.33. The molecule has 2 aliphatic rings. The molecule has 26 heavy (non-hydrogen) atoms. The Morgan fingerprint density at radius 3 is 2.62 bits per heavy atom. The van der Waals surface area contributed by atoms with Gasteiger partial charge in [-0.3, -0.25) is 14.7 Å². The molecule has 0 atom stereocenters. The molecule has 2 heterocycles. The number of aliphatic hydroxyl groups is 1. The summed E-state index contributed by atoms with van der Waals surface area (Å²) >= 11 is 0. The number of fused-ring (bicyclic) bond motifs is 1. The Morgan fingerprint density at radius 2 is 1.96 bits per heavy atom. The number of anilines is 1. The molecule has 0 spiro atoms. The van der Waals surface area contributed by atoms with Gasteiger partial charge in [0.15, 0.2) is 5.65 Å². The number of amides is 1. The fourth-order valence-electron chi connectivity index (χ4n) is 4.00. The molecular formula is C20H30N4O2. The van der Waals surface area contributed by atoms with Crippen molar-refractivity contribution in [2.45, 2.75) is 83.8 Å². The average molecular weight is 358 g/mol. The van der Waals surface area contributed by atoms with Crippen molar-refractivity contribution in [3.63, 3.8) is 0 Å². The fraction of sp³-hybridized carbons (Fsp3) is 0.650. The van der Waals surface area contributed by atoms with Crippen LogP contribution in [-0.2, 0) is 4.79 Å². The maximum Gasteiger partial charge on any atom is 0.229 e. The molecule has 142 valence electrons. The van der Waals surface area contributed by atoms with Crippen molar-refractivity contribution in [2.24, 2.45) is 0 Å². The summed E-state index contributed by atoms with van der Waals surface area (Å²) in [7, 11) is 0. The van der Waals surface area contributed by atoms with E-state index in [2.05, 4.69) is 19.9 Å². The van der Waals surface area contributed by atoms with Crippen molar-refractivity contribution in [1.82, 2.24) is 14.5 Å². The average Bonchev–Trinajstić information content (AvgIpc) is 2.83. The molecule has 2 aliphatic carbocycles. The minimum Gasteiger partial charge on any atom is -0.389 e. The first-order chi connectivity index (χ1) is 12.0. The van der Waals surface area contributed by atoms with Crippen LogP contribution in [0, 0.1) is 6.92 Å². The van der Waals surface area contributed by atoms with E-state index in [1.807, 2.05) is 19.1 Å². The van der Waals surface area contributed by atoms with Crippen LogP contribution in [0.2, 0.25) is 0 Å². The highest BCUT2D eigenvalue weighted by molar-refractivity contribution is 5.91. The number of carbonyl (C=O) groups excluding carboxylic acids is 1. The van der Waals surface area contributed by atoms with Gasteiger partial charge in [0.25, 0.3) is 0 Å². The van der Waals surface area contributed by atoms with Crippen LogP contribution < -0.4 is 5.32 Å². The van der Waals surface area contributed by atoms with Crippen molar-refractivity contribution in [3.8, 4) is 0 Å². The van der Waals surface area contributed by atoms with E-state index in [9.17, 15) is 9.90 Å². The molecule has 1 amide bonds. The zero-order valence-corrected chi connectivity index (χ0v) is 14.8. The Labute approximate surface area is 155 Å². The molecular weight excluding hydrogens is 328 g/mol. The standard InChI is InChI=1S/C19H26N4O2.CH4/c1-13-8-9-15-17(20-13)23(14-6-5-7-14)18(21-15)22-16(24)12-19(25)10-3-2-4-11-19;/h8-9,14,25H,2-7,10-12H2,1H3,(H,21,22,24);1H4. The van der Waals surface area contributed by atoms with Crippen LogP contribution in [0.1, 0.15) is 76.9 Å². The van der Waals surface area contributed by atoms with Gasteiger partial charge in [-0.2, -0.15) is 0 Å². The second kappa shape index (κ2) is 7.35. The molecule has 0 radical (unpaired) electrons. The third-order valence-corrected chi connectivity index (χ3v) is 5.64. The lowest BCUT2D eigenvalue weighted by Crippen LogP contribution is -2.36. The van der Waals surface area contributed by atoms with E-state index >= 15 is 0 Å². The zero-order chi connectivity index (χ0) is 17.4. The van der Waals surface area contributed by atoms with Crippen molar-refractivity contribution in [1.29, 1.82) is 0 Å². The molecule has 4 rings (SSSR count). The molecule has 0 bridgehead atoms. The Kier molecular flexibility index (Phi) is 5.32. The number of pyridine rings is 1. The maximum atomic E-state index is 12.6. The van der Waals surface area contributed by atoms with E-state index in [4.69, 9.17) is 0 Å². The van der Waals surface area contributed by atoms with Crippen molar-refractivity contribution in [3.05, 3.63) is 17.8 Å². The van der Waals surface area contributed by atoms with Crippen molar-refractivity contribution in [2.75, 3.05) is 5.32 Å². The molecule has 6 heteroatoms. The van der Waals surface area contributed by atoms with Gasteiger partial charge >= 0.3 is 0 Å². The van der Waals surface area contributed by atoms with Crippen LogP contribution >= 0.6 is 0 Å². The van der Waals surface area contributed by atoms with Gasteiger partial charge in [-0.15, -0.1) is 0 Å². The summed E-state index contributed by atoms with van der Waals surface area (Å²) in [6, 6.07) is 4.25. The van der Waals surface area contributed by atoms with Crippen molar-refractivity contribution >= 4 is 23.0 Å². The number of aryl methyl sites for hydroxylation is 1. The van der Waals surface area contributed by atoms with E-state index in [-0.39, 0.29) is 19.8 Å². The largest absolute Gasteiger partial charge is 0.389 e. The first-order valence-corrected chi connectivity index (χ1v) is 9.42. The second-order valence-corrected chi connectivity index (χ2v) is 7.70. The van der Waals surface area contributed by atoms with Crippen LogP contribution in [0.15, 0.2) is 12.1 Å². The smallest absolute Gasteiger partial charge is 0.229 e. The van der Waals surface area contributed by atoms with Gasteiger partial charge < -0.3 is 5.11 Å². The Hall–Kier alpha value is -1.95. The summed E-state index contributed by atoms with van der Waals surface area (Å²) in [6.07, 6.45) is 8.08. The number of rotatable bonds is 4. The number of carbonyl (C=O) groups is 1. The van der Waals surface area contributed by atoms with Gasteiger partial charge in [-0.1, -0.05) is 26.7 Å². The topological polar surface area (TPSA) is 80.0 Å². The van der Waals surface area contributed by atoms with Gasteiger partial charge in [-0.25, -0.2) is 9.97 Å². The summed E-state index contributed by atoms with van der Waals surface area (Å²) in [5.41, 5.74) is 1.74. The molecule has 2 saturated carbocycles. The highest BCUT2D eigenvalue weighted by Crippen LogP contribution is 2.37. The number of aromatic nitrogens is 3. The summed E-state index contributed by atoms with van der Waals surface area (Å²) in [6.45, 7) is 1.97. The molecule has 2 N–H and O–H groups in total. The third kappa shape index (κ3) is 3.61. The molecule has 0 aliphatic heterocycles. The summed E-state index contributed by atoms with van der Waals surface area (Å²) in [5.74, 6) is 0.416. The number of hydrogen-bond donors (Lipinski definition) is 2. The van der Waals surface area contributed by atoms with E-state index < -0.39 is 5.60 Å². The number of hydrogen-bond acceptors (Lipinski definition) is 4. The summed E-state index contributed by atoms with van der Waals surface area (Å²) in [5, 5.41) is 13.6. The van der Waals surface area contributed by atoms with Gasteiger partial charge in [0.05, 0.1) is 12.0 Å². The number of nitrogens with zero attached hydrogens (tertiary/aromatic N) is 3. The molecule has 6 nitrogen and oxygen atoms in total. The lowest BCUT2D eigenvalue weighted by Gasteiger charge is -2.32. The third-order valence-electron chi connectivity index (χ3n) is 5.64. The van der Waals surface area contributed by atoms with Crippen LogP contribution in [-0.4, -0.2) is 31.1 Å². The normalized spacial score (nSPS) is 19.6. The number of nitrogens with one attached hydrogen (secondary N) is 1. The molecule has 2 aromatic heterocycles. The minimum absolute atomic E-state index is 0. The number of imidazole rings is 1. The molecule has 2 aromatic rings. The van der Waals surface area contributed by atoms with Gasteiger partial charge in [0, 0.05) is 11.7 Å².